The zero-order valence-electron chi connectivity index (χ0n) is 17.1. The van der Waals surface area contributed by atoms with E-state index in [9.17, 15) is 9.59 Å². The fraction of sp³-hybridized carbons (Fsp3) is 0.364. The number of hydrogen-bond acceptors (Lipinski definition) is 4. The Bertz CT molecular complexity index is 801. The van der Waals surface area contributed by atoms with E-state index in [1.54, 1.807) is 11.9 Å². The van der Waals surface area contributed by atoms with Gasteiger partial charge in [0.25, 0.3) is 0 Å². The normalized spacial score (nSPS) is 11.6. The van der Waals surface area contributed by atoms with Crippen molar-refractivity contribution in [3.8, 4) is 5.75 Å². The number of carbonyl (C=O) groups is 2. The van der Waals surface area contributed by atoms with E-state index in [-0.39, 0.29) is 17.1 Å². The lowest BCUT2D eigenvalue weighted by Gasteiger charge is -2.21. The minimum Gasteiger partial charge on any atom is -0.492 e. The van der Waals surface area contributed by atoms with Crippen LogP contribution in [0.5, 0.6) is 5.75 Å². The van der Waals surface area contributed by atoms with Crippen molar-refractivity contribution >= 4 is 29.3 Å². The largest absolute Gasteiger partial charge is 0.492 e. The van der Waals surface area contributed by atoms with Gasteiger partial charge in [0.1, 0.15) is 12.4 Å². The van der Waals surface area contributed by atoms with Crippen LogP contribution in [0.1, 0.15) is 25.0 Å². The van der Waals surface area contributed by atoms with Crippen LogP contribution < -0.4 is 10.1 Å². The van der Waals surface area contributed by atoms with E-state index >= 15 is 0 Å². The molecular weight excluding hydrogens is 372 g/mol. The molecular formula is C22H28N2O3S. The van der Waals surface area contributed by atoms with Crippen LogP contribution >= 0.6 is 11.8 Å². The monoisotopic (exact) mass is 400 g/mol. The average Bonchev–Trinajstić information content (AvgIpc) is 2.61. The third kappa shape index (κ3) is 6.93. The number of hydrogen-bond donors (Lipinski definition) is 1. The minimum absolute atomic E-state index is 0.0555. The zero-order valence-corrected chi connectivity index (χ0v) is 17.9. The second-order valence-electron chi connectivity index (χ2n) is 6.90. The Hall–Kier alpha value is -2.47. The van der Waals surface area contributed by atoms with Gasteiger partial charge in [-0.2, -0.15) is 0 Å². The number of benzene rings is 2. The molecule has 5 nitrogen and oxygen atoms in total. The molecule has 150 valence electrons. The highest BCUT2D eigenvalue weighted by atomic mass is 32.2. The maximum Gasteiger partial charge on any atom is 0.235 e. The summed E-state index contributed by atoms with van der Waals surface area (Å²) >= 11 is 1.50. The Balaban J connectivity index is 1.82. The van der Waals surface area contributed by atoms with Crippen molar-refractivity contribution in [1.29, 1.82) is 0 Å². The van der Waals surface area contributed by atoms with E-state index in [2.05, 4.69) is 11.4 Å². The van der Waals surface area contributed by atoms with E-state index in [4.69, 9.17) is 4.74 Å². The first kappa shape index (κ1) is 21.8. The van der Waals surface area contributed by atoms with Gasteiger partial charge in [-0.05, 0) is 68.3 Å². The molecule has 28 heavy (non-hydrogen) atoms. The number of likely N-dealkylation sites (N-methyl/N-ethyl adjacent to an activating group) is 1. The zero-order chi connectivity index (χ0) is 20.7. The molecule has 1 N–H and O–H groups in total. The number of nitrogens with one attached hydrogen (secondary N) is 1. The van der Waals surface area contributed by atoms with Gasteiger partial charge in [-0.15, -0.1) is 11.8 Å². The van der Waals surface area contributed by atoms with Crippen LogP contribution in [-0.2, 0) is 9.59 Å². The smallest absolute Gasteiger partial charge is 0.235 e. The Kier molecular flexibility index (Phi) is 7.93. The molecule has 2 aromatic rings. The van der Waals surface area contributed by atoms with Crippen molar-refractivity contribution in [2.75, 3.05) is 25.5 Å². The van der Waals surface area contributed by atoms with Gasteiger partial charge in [-0.3, -0.25) is 9.59 Å². The SMILES string of the molecule is CC(=O)Nc1ccc(SC(C)C(=O)N(C)CCOc2cc(C)cc(C)c2)cc1. The Labute approximate surface area is 171 Å². The van der Waals surface area contributed by atoms with Crippen LogP contribution in [0.4, 0.5) is 5.69 Å². The molecule has 0 aliphatic rings. The van der Waals surface area contributed by atoms with Crippen molar-refractivity contribution in [3.05, 3.63) is 53.6 Å². The van der Waals surface area contributed by atoms with Crippen LogP contribution in [0, 0.1) is 13.8 Å². The summed E-state index contributed by atoms with van der Waals surface area (Å²) < 4.78 is 5.80. The number of nitrogens with zero attached hydrogens (tertiary/aromatic N) is 1. The van der Waals surface area contributed by atoms with Gasteiger partial charge in [0.05, 0.1) is 11.8 Å². The highest BCUT2D eigenvalue weighted by molar-refractivity contribution is 8.00. The number of ether oxygens (including phenoxy) is 1. The predicted octanol–water partition coefficient (Wildman–Crippen LogP) is 4.28. The summed E-state index contributed by atoms with van der Waals surface area (Å²) in [4.78, 5) is 26.4. The van der Waals surface area contributed by atoms with Crippen LogP contribution in [0.15, 0.2) is 47.4 Å². The van der Waals surface area contributed by atoms with Gasteiger partial charge in [0, 0.05) is 24.6 Å². The quantitative estimate of drug-likeness (QED) is 0.672. The summed E-state index contributed by atoms with van der Waals surface area (Å²) in [6.45, 7) is 8.43. The van der Waals surface area contributed by atoms with Crippen LogP contribution in [0.25, 0.3) is 0 Å². The van der Waals surface area contributed by atoms with Gasteiger partial charge in [-0.1, -0.05) is 6.07 Å². The molecule has 0 fully saturated rings. The predicted molar refractivity (Wildman–Crippen MR) is 115 cm³/mol. The number of thioether (sulfide) groups is 1. The molecule has 0 saturated carbocycles. The standard InChI is InChI=1S/C22H28N2O3S/c1-15-12-16(2)14-20(13-15)27-11-10-24(5)22(26)17(3)28-21-8-6-19(7-9-21)23-18(4)25/h6-9,12-14,17H,10-11H2,1-5H3,(H,23,25). The lowest BCUT2D eigenvalue weighted by molar-refractivity contribution is -0.129. The van der Waals surface area contributed by atoms with Gasteiger partial charge in [0.2, 0.25) is 11.8 Å². The molecule has 0 saturated heterocycles. The Morgan fingerprint density at radius 1 is 1.11 bits per heavy atom. The molecule has 0 aliphatic carbocycles. The number of rotatable bonds is 8. The average molecular weight is 401 g/mol. The molecule has 1 atom stereocenters. The Morgan fingerprint density at radius 2 is 1.71 bits per heavy atom. The molecule has 2 rings (SSSR count). The van der Waals surface area contributed by atoms with Gasteiger partial charge in [0.15, 0.2) is 0 Å². The maximum atomic E-state index is 12.6. The fourth-order valence-electron chi connectivity index (χ4n) is 2.81. The van der Waals surface area contributed by atoms with Crippen molar-refractivity contribution < 1.29 is 14.3 Å². The first-order valence-corrected chi connectivity index (χ1v) is 10.1. The van der Waals surface area contributed by atoms with Crippen LogP contribution in [0.3, 0.4) is 0 Å². The number of aryl methyl sites for hydroxylation is 2. The van der Waals surface area contributed by atoms with Gasteiger partial charge >= 0.3 is 0 Å². The first-order chi connectivity index (χ1) is 13.2. The lowest BCUT2D eigenvalue weighted by Crippen LogP contribution is -2.36. The minimum atomic E-state index is -0.210. The molecule has 0 bridgehead atoms. The molecule has 0 aliphatic heterocycles. The van der Waals surface area contributed by atoms with E-state index in [1.807, 2.05) is 57.2 Å². The number of anilines is 1. The highest BCUT2D eigenvalue weighted by Crippen LogP contribution is 2.25. The van der Waals surface area contributed by atoms with Crippen molar-refractivity contribution in [1.82, 2.24) is 4.90 Å². The molecule has 0 radical (unpaired) electrons. The van der Waals surface area contributed by atoms with E-state index in [1.165, 1.54) is 18.7 Å². The Morgan fingerprint density at radius 3 is 2.29 bits per heavy atom. The summed E-state index contributed by atoms with van der Waals surface area (Å²) in [6, 6.07) is 13.6. The second kappa shape index (κ2) is 10.2. The lowest BCUT2D eigenvalue weighted by atomic mass is 10.1. The third-order valence-electron chi connectivity index (χ3n) is 4.10. The molecule has 2 aromatic carbocycles. The molecule has 6 heteroatoms. The van der Waals surface area contributed by atoms with Crippen molar-refractivity contribution in [3.63, 3.8) is 0 Å². The van der Waals surface area contributed by atoms with Crippen LogP contribution in [-0.4, -0.2) is 42.2 Å². The van der Waals surface area contributed by atoms with E-state index < -0.39 is 0 Å². The topological polar surface area (TPSA) is 58.6 Å². The fourth-order valence-corrected chi connectivity index (χ4v) is 3.79. The highest BCUT2D eigenvalue weighted by Gasteiger charge is 2.18. The number of amides is 2. The summed E-state index contributed by atoms with van der Waals surface area (Å²) in [5.41, 5.74) is 3.07. The molecule has 0 spiro atoms. The van der Waals surface area contributed by atoms with E-state index in [0.717, 1.165) is 27.5 Å². The summed E-state index contributed by atoms with van der Waals surface area (Å²) in [7, 11) is 1.80. The summed E-state index contributed by atoms with van der Waals surface area (Å²) in [6.07, 6.45) is 0. The van der Waals surface area contributed by atoms with Gasteiger partial charge < -0.3 is 15.0 Å². The maximum absolute atomic E-state index is 12.6. The van der Waals surface area contributed by atoms with Crippen LogP contribution in [0.2, 0.25) is 0 Å². The molecule has 0 aromatic heterocycles. The van der Waals surface area contributed by atoms with Crippen molar-refractivity contribution in [2.24, 2.45) is 0 Å². The van der Waals surface area contributed by atoms with Gasteiger partial charge in [-0.25, -0.2) is 0 Å². The summed E-state index contributed by atoms with van der Waals surface area (Å²) in [5, 5.41) is 2.52. The molecule has 1 unspecified atom stereocenters. The van der Waals surface area contributed by atoms with E-state index in [0.29, 0.717) is 13.2 Å². The first-order valence-electron chi connectivity index (χ1n) is 9.25. The van der Waals surface area contributed by atoms with Crippen molar-refractivity contribution in [2.45, 2.75) is 37.8 Å². The molecule has 0 heterocycles. The third-order valence-corrected chi connectivity index (χ3v) is 5.20. The summed E-state index contributed by atoms with van der Waals surface area (Å²) in [5.74, 6) is 0.786. The second-order valence-corrected chi connectivity index (χ2v) is 8.31. The number of carbonyl (C=O) groups excluding carboxylic acids is 2. The molecule has 2 amide bonds.